The molecule has 0 radical (unpaired) electrons. The molecular weight excluding hydrogens is 229 g/mol. The van der Waals surface area contributed by atoms with Crippen LogP contribution in [0.3, 0.4) is 0 Å². The molecule has 1 aromatic rings. The number of hydrogen-bond donors (Lipinski definition) is 0. The Morgan fingerprint density at radius 2 is 2.27 bits per heavy atom. The molecule has 0 saturated heterocycles. The molecular formula is C7H7BrClNO. The molecule has 0 aliphatic heterocycles. The van der Waals surface area contributed by atoms with E-state index < -0.39 is 0 Å². The molecule has 1 rings (SSSR count). The fourth-order valence-corrected chi connectivity index (χ4v) is 1.44. The molecule has 60 valence electrons. The predicted octanol–water partition coefficient (Wildman–Crippen LogP) is 2.81. The Kier molecular flexibility index (Phi) is 2.73. The van der Waals surface area contributed by atoms with Crippen molar-refractivity contribution in [1.82, 2.24) is 4.98 Å². The monoisotopic (exact) mass is 235 g/mol. The average molecular weight is 236 g/mol. The molecule has 0 aliphatic carbocycles. The van der Waals surface area contributed by atoms with E-state index in [1.54, 1.807) is 13.2 Å². The third-order valence-electron chi connectivity index (χ3n) is 1.27. The number of aryl methyl sites for hydroxylation is 1. The number of hydrogen-bond acceptors (Lipinski definition) is 2. The van der Waals surface area contributed by atoms with Gasteiger partial charge in [-0.3, -0.25) is 0 Å². The zero-order valence-electron chi connectivity index (χ0n) is 6.19. The van der Waals surface area contributed by atoms with Crippen LogP contribution in [-0.4, -0.2) is 12.1 Å². The van der Waals surface area contributed by atoms with Gasteiger partial charge in [-0.25, -0.2) is 4.98 Å². The van der Waals surface area contributed by atoms with E-state index in [0.717, 1.165) is 10.2 Å². The molecule has 0 fully saturated rings. The lowest BCUT2D eigenvalue weighted by Crippen LogP contribution is -1.91. The van der Waals surface area contributed by atoms with Crippen molar-refractivity contribution >= 4 is 27.5 Å². The summed E-state index contributed by atoms with van der Waals surface area (Å²) in [5, 5.41) is 0.637. The van der Waals surface area contributed by atoms with Crippen molar-refractivity contribution in [3.63, 3.8) is 0 Å². The lowest BCUT2D eigenvalue weighted by molar-refractivity contribution is 0.394. The van der Waals surface area contributed by atoms with Crippen molar-refractivity contribution in [2.24, 2.45) is 0 Å². The first-order chi connectivity index (χ1) is 5.15. The topological polar surface area (TPSA) is 22.1 Å². The second kappa shape index (κ2) is 3.41. The van der Waals surface area contributed by atoms with Gasteiger partial charge in [-0.2, -0.15) is 0 Å². The van der Waals surface area contributed by atoms with Crippen molar-refractivity contribution in [3.8, 4) is 5.88 Å². The van der Waals surface area contributed by atoms with Crippen molar-refractivity contribution in [2.75, 3.05) is 7.11 Å². The Labute approximate surface area is 78.7 Å². The number of nitrogens with zero attached hydrogens (tertiary/aromatic N) is 1. The van der Waals surface area contributed by atoms with Gasteiger partial charge in [0.2, 0.25) is 5.88 Å². The molecule has 0 aliphatic rings. The molecule has 1 heterocycles. The smallest absolute Gasteiger partial charge is 0.228 e. The second-order valence-corrected chi connectivity index (χ2v) is 3.31. The van der Waals surface area contributed by atoms with Gasteiger partial charge in [0.05, 0.1) is 22.3 Å². The maximum absolute atomic E-state index is 5.79. The highest BCUT2D eigenvalue weighted by molar-refractivity contribution is 9.10. The van der Waals surface area contributed by atoms with Crippen LogP contribution in [0, 0.1) is 6.92 Å². The first-order valence-corrected chi connectivity index (χ1v) is 4.19. The summed E-state index contributed by atoms with van der Waals surface area (Å²) in [6.45, 7) is 1.83. The van der Waals surface area contributed by atoms with Crippen LogP contribution in [0.25, 0.3) is 0 Å². The van der Waals surface area contributed by atoms with E-state index in [4.69, 9.17) is 16.3 Å². The third-order valence-corrected chi connectivity index (χ3v) is 2.22. The first kappa shape index (κ1) is 8.81. The van der Waals surface area contributed by atoms with Gasteiger partial charge in [-0.05, 0) is 28.9 Å². The van der Waals surface area contributed by atoms with Crippen molar-refractivity contribution in [2.45, 2.75) is 6.92 Å². The summed E-state index contributed by atoms with van der Waals surface area (Å²) in [6, 6.07) is 1.77. The average Bonchev–Trinajstić information content (AvgIpc) is 1.97. The zero-order chi connectivity index (χ0) is 8.43. The lowest BCUT2D eigenvalue weighted by atomic mass is 10.4. The SMILES string of the molecule is COc1nc(C)c(Cl)cc1Br. The van der Waals surface area contributed by atoms with Crippen LogP contribution in [0.2, 0.25) is 5.02 Å². The standard InChI is InChI=1S/C7H7BrClNO/c1-4-6(9)3-5(8)7(10-4)11-2/h3H,1-2H3. The van der Waals surface area contributed by atoms with E-state index in [2.05, 4.69) is 20.9 Å². The number of aromatic nitrogens is 1. The summed E-state index contributed by atoms with van der Waals surface area (Å²) in [5.74, 6) is 0.562. The van der Waals surface area contributed by atoms with Gasteiger partial charge in [0.1, 0.15) is 0 Å². The Morgan fingerprint density at radius 1 is 1.64 bits per heavy atom. The van der Waals surface area contributed by atoms with Crippen LogP contribution in [0.4, 0.5) is 0 Å². The fourth-order valence-electron chi connectivity index (χ4n) is 0.680. The van der Waals surface area contributed by atoms with E-state index in [9.17, 15) is 0 Å². The van der Waals surface area contributed by atoms with Gasteiger partial charge >= 0.3 is 0 Å². The Bertz CT molecular complexity index is 277. The van der Waals surface area contributed by atoms with Gasteiger partial charge in [0, 0.05) is 0 Å². The van der Waals surface area contributed by atoms with E-state index in [1.807, 2.05) is 6.92 Å². The molecule has 0 unspecified atom stereocenters. The van der Waals surface area contributed by atoms with Crippen LogP contribution < -0.4 is 4.74 Å². The molecule has 0 aromatic carbocycles. The van der Waals surface area contributed by atoms with Gasteiger partial charge in [-0.15, -0.1) is 0 Å². The van der Waals surface area contributed by atoms with Gasteiger partial charge < -0.3 is 4.74 Å². The molecule has 1 aromatic heterocycles. The maximum atomic E-state index is 5.79. The van der Waals surface area contributed by atoms with E-state index in [1.165, 1.54) is 0 Å². The molecule has 0 N–H and O–H groups in total. The lowest BCUT2D eigenvalue weighted by Gasteiger charge is -2.03. The van der Waals surface area contributed by atoms with Gasteiger partial charge in [-0.1, -0.05) is 11.6 Å². The molecule has 11 heavy (non-hydrogen) atoms. The number of halogens is 2. The Balaban J connectivity index is 3.21. The fraction of sp³-hybridized carbons (Fsp3) is 0.286. The normalized spacial score (nSPS) is 9.82. The van der Waals surface area contributed by atoms with Crippen molar-refractivity contribution in [1.29, 1.82) is 0 Å². The highest BCUT2D eigenvalue weighted by Gasteiger charge is 2.04. The predicted molar refractivity (Wildman–Crippen MR) is 48.2 cm³/mol. The molecule has 0 spiro atoms. The number of pyridine rings is 1. The van der Waals surface area contributed by atoms with Crippen molar-refractivity contribution < 1.29 is 4.74 Å². The molecule has 0 saturated carbocycles. The highest BCUT2D eigenvalue weighted by atomic mass is 79.9. The number of methoxy groups -OCH3 is 1. The third kappa shape index (κ3) is 1.84. The van der Waals surface area contributed by atoms with E-state index in [-0.39, 0.29) is 0 Å². The molecule has 0 bridgehead atoms. The summed E-state index contributed by atoms with van der Waals surface area (Å²) < 4.78 is 5.74. The maximum Gasteiger partial charge on any atom is 0.228 e. The first-order valence-electron chi connectivity index (χ1n) is 3.01. The van der Waals surface area contributed by atoms with Crippen LogP contribution in [0.1, 0.15) is 5.69 Å². The Morgan fingerprint density at radius 3 is 2.82 bits per heavy atom. The number of rotatable bonds is 1. The van der Waals surface area contributed by atoms with E-state index in [0.29, 0.717) is 10.9 Å². The quantitative estimate of drug-likeness (QED) is 0.748. The van der Waals surface area contributed by atoms with Crippen molar-refractivity contribution in [3.05, 3.63) is 21.3 Å². The van der Waals surface area contributed by atoms with Crippen LogP contribution in [0.15, 0.2) is 10.5 Å². The highest BCUT2D eigenvalue weighted by Crippen LogP contribution is 2.27. The summed E-state index contributed by atoms with van der Waals surface area (Å²) in [4.78, 5) is 4.09. The summed E-state index contributed by atoms with van der Waals surface area (Å²) in [6.07, 6.45) is 0. The zero-order valence-corrected chi connectivity index (χ0v) is 8.53. The largest absolute Gasteiger partial charge is 0.480 e. The van der Waals surface area contributed by atoms with Crippen LogP contribution in [-0.2, 0) is 0 Å². The summed E-state index contributed by atoms with van der Waals surface area (Å²) >= 11 is 9.06. The van der Waals surface area contributed by atoms with Gasteiger partial charge in [0.15, 0.2) is 0 Å². The molecule has 4 heteroatoms. The minimum absolute atomic E-state index is 0.562. The van der Waals surface area contributed by atoms with E-state index >= 15 is 0 Å². The Hall–Kier alpha value is -0.280. The minimum atomic E-state index is 0.562. The van der Waals surface area contributed by atoms with Crippen LogP contribution >= 0.6 is 27.5 Å². The molecule has 0 amide bonds. The minimum Gasteiger partial charge on any atom is -0.480 e. The molecule has 2 nitrogen and oxygen atoms in total. The van der Waals surface area contributed by atoms with Gasteiger partial charge in [0.25, 0.3) is 0 Å². The second-order valence-electron chi connectivity index (χ2n) is 2.05. The molecule has 0 atom stereocenters. The summed E-state index contributed by atoms with van der Waals surface area (Å²) in [5.41, 5.74) is 0.770. The number of ether oxygens (including phenoxy) is 1. The van der Waals surface area contributed by atoms with Crippen LogP contribution in [0.5, 0.6) is 5.88 Å². The summed E-state index contributed by atoms with van der Waals surface area (Å²) in [7, 11) is 1.57.